The smallest absolute Gasteiger partial charge is 0.239 e. The van der Waals surface area contributed by atoms with Gasteiger partial charge in [0.1, 0.15) is 0 Å². The zero-order chi connectivity index (χ0) is 9.30. The van der Waals surface area contributed by atoms with Crippen LogP contribution in [0.5, 0.6) is 0 Å². The molecule has 12 heavy (non-hydrogen) atoms. The van der Waals surface area contributed by atoms with Gasteiger partial charge >= 0.3 is 0 Å². The lowest BCUT2D eigenvalue weighted by atomic mass is 10.3. The van der Waals surface area contributed by atoms with Gasteiger partial charge in [-0.25, -0.2) is 0 Å². The molecule has 1 fully saturated rings. The molecule has 1 saturated heterocycles. The molecule has 3 atom stereocenters. The molecule has 0 aliphatic carbocycles. The number of hydrogen-bond donors (Lipinski definition) is 3. The van der Waals surface area contributed by atoms with Gasteiger partial charge in [-0.15, -0.1) is 0 Å². The van der Waals surface area contributed by atoms with Crippen molar-refractivity contribution in [1.29, 1.82) is 0 Å². The number of carbonyl (C=O) groups excluding carboxylic acids is 1. The van der Waals surface area contributed by atoms with Crippen LogP contribution in [0.25, 0.3) is 0 Å². The maximum absolute atomic E-state index is 11.2. The predicted molar refractivity (Wildman–Crippen MR) is 42.2 cm³/mol. The second kappa shape index (κ2) is 3.38. The number of carbonyl (C=O) groups is 1. The molecular weight excluding hydrogens is 160 g/mol. The Morgan fingerprint density at radius 2 is 1.92 bits per heavy atom. The van der Waals surface area contributed by atoms with Gasteiger partial charge in [0.25, 0.3) is 0 Å². The summed E-state index contributed by atoms with van der Waals surface area (Å²) in [6.07, 6.45) is -1.65. The molecule has 1 amide bonds. The van der Waals surface area contributed by atoms with E-state index in [1.165, 1.54) is 4.90 Å². The number of rotatable bonds is 1. The number of β-amino-alcohol motifs (C(OH)–C–C–N with tert-alkyl or cyclic N) is 2. The van der Waals surface area contributed by atoms with Crippen molar-refractivity contribution >= 4 is 5.91 Å². The van der Waals surface area contributed by atoms with Gasteiger partial charge in [-0.2, -0.15) is 0 Å². The minimum absolute atomic E-state index is 0.182. The van der Waals surface area contributed by atoms with Gasteiger partial charge in [-0.1, -0.05) is 0 Å². The summed E-state index contributed by atoms with van der Waals surface area (Å²) in [7, 11) is 0. The lowest BCUT2D eigenvalue weighted by molar-refractivity contribution is -0.131. The normalized spacial score (nSPS) is 32.2. The highest BCUT2D eigenvalue weighted by atomic mass is 16.3. The van der Waals surface area contributed by atoms with Crippen LogP contribution in [0.4, 0.5) is 0 Å². The molecule has 0 spiro atoms. The first kappa shape index (κ1) is 9.44. The monoisotopic (exact) mass is 174 g/mol. The molecule has 0 saturated carbocycles. The fourth-order valence-electron chi connectivity index (χ4n) is 1.24. The number of aliphatic hydroxyl groups is 2. The molecular formula is C7H14N2O3. The summed E-state index contributed by atoms with van der Waals surface area (Å²) in [5.41, 5.74) is 5.35. The minimum Gasteiger partial charge on any atom is -0.388 e. The van der Waals surface area contributed by atoms with Crippen molar-refractivity contribution in [2.75, 3.05) is 13.1 Å². The Balaban J connectivity index is 2.52. The topological polar surface area (TPSA) is 86.8 Å². The van der Waals surface area contributed by atoms with E-state index in [1.54, 1.807) is 6.92 Å². The molecule has 5 nitrogen and oxygen atoms in total. The highest BCUT2D eigenvalue weighted by Gasteiger charge is 2.33. The molecule has 0 aromatic rings. The van der Waals surface area contributed by atoms with E-state index in [0.29, 0.717) is 0 Å². The average Bonchev–Trinajstić information content (AvgIpc) is 2.30. The Labute approximate surface area is 70.8 Å². The Morgan fingerprint density at radius 1 is 1.50 bits per heavy atom. The fourth-order valence-corrected chi connectivity index (χ4v) is 1.24. The number of aliphatic hydroxyl groups excluding tert-OH is 2. The number of amides is 1. The Hall–Kier alpha value is -0.650. The molecule has 1 aliphatic rings. The third kappa shape index (κ3) is 1.74. The second-order valence-electron chi connectivity index (χ2n) is 3.17. The third-order valence-electron chi connectivity index (χ3n) is 1.96. The summed E-state index contributed by atoms with van der Waals surface area (Å²) in [6, 6.07) is -0.567. The standard InChI is InChI=1S/C7H14N2O3/c1-4(8)7(12)9-2-5(10)6(11)3-9/h4-6,10-11H,2-3,8H2,1H3/t4-,5-,6+/m1/s1. The maximum atomic E-state index is 11.2. The van der Waals surface area contributed by atoms with Crippen molar-refractivity contribution in [2.45, 2.75) is 25.2 Å². The second-order valence-corrected chi connectivity index (χ2v) is 3.17. The number of hydrogen-bond acceptors (Lipinski definition) is 4. The Kier molecular flexibility index (Phi) is 2.66. The maximum Gasteiger partial charge on any atom is 0.239 e. The summed E-state index contributed by atoms with van der Waals surface area (Å²) < 4.78 is 0. The average molecular weight is 174 g/mol. The van der Waals surface area contributed by atoms with Crippen molar-refractivity contribution in [2.24, 2.45) is 5.73 Å². The van der Waals surface area contributed by atoms with Crippen LogP contribution in [0.15, 0.2) is 0 Å². The zero-order valence-electron chi connectivity index (χ0n) is 6.97. The molecule has 70 valence electrons. The molecule has 0 aromatic heterocycles. The van der Waals surface area contributed by atoms with Crippen molar-refractivity contribution in [3.05, 3.63) is 0 Å². The van der Waals surface area contributed by atoms with E-state index in [9.17, 15) is 4.79 Å². The van der Waals surface area contributed by atoms with E-state index in [2.05, 4.69) is 0 Å². The summed E-state index contributed by atoms with van der Waals surface area (Å²) in [6.45, 7) is 1.95. The van der Waals surface area contributed by atoms with Crippen LogP contribution < -0.4 is 5.73 Å². The van der Waals surface area contributed by atoms with Gasteiger partial charge in [-0.3, -0.25) is 4.79 Å². The lowest BCUT2D eigenvalue weighted by Crippen LogP contribution is -2.41. The molecule has 0 bridgehead atoms. The van der Waals surface area contributed by atoms with Gasteiger partial charge in [0.2, 0.25) is 5.91 Å². The molecule has 0 aromatic carbocycles. The van der Waals surface area contributed by atoms with Crippen molar-refractivity contribution in [3.8, 4) is 0 Å². The summed E-state index contributed by atoms with van der Waals surface area (Å²) in [4.78, 5) is 12.6. The van der Waals surface area contributed by atoms with E-state index in [1.807, 2.05) is 0 Å². The third-order valence-corrected chi connectivity index (χ3v) is 1.96. The SMILES string of the molecule is C[C@@H](N)C(=O)N1C[C@@H](O)[C@@H](O)C1. The molecule has 5 heteroatoms. The largest absolute Gasteiger partial charge is 0.388 e. The quantitative estimate of drug-likeness (QED) is 0.425. The van der Waals surface area contributed by atoms with E-state index >= 15 is 0 Å². The summed E-state index contributed by atoms with van der Waals surface area (Å²) in [5, 5.41) is 18.2. The van der Waals surface area contributed by atoms with Gasteiger partial charge in [0, 0.05) is 13.1 Å². The van der Waals surface area contributed by atoms with E-state index in [4.69, 9.17) is 15.9 Å². The number of nitrogens with two attached hydrogens (primary N) is 1. The molecule has 0 radical (unpaired) electrons. The molecule has 1 rings (SSSR count). The van der Waals surface area contributed by atoms with Crippen LogP contribution in [0, 0.1) is 0 Å². The molecule has 4 N–H and O–H groups in total. The Morgan fingerprint density at radius 3 is 2.25 bits per heavy atom. The number of nitrogens with zero attached hydrogens (tertiary/aromatic N) is 1. The van der Waals surface area contributed by atoms with E-state index < -0.39 is 18.2 Å². The van der Waals surface area contributed by atoms with Gasteiger partial charge in [0.05, 0.1) is 18.2 Å². The minimum atomic E-state index is -0.826. The first-order chi connectivity index (χ1) is 5.52. The first-order valence-corrected chi connectivity index (χ1v) is 3.93. The molecule has 1 aliphatic heterocycles. The zero-order valence-corrected chi connectivity index (χ0v) is 6.97. The van der Waals surface area contributed by atoms with Crippen LogP contribution >= 0.6 is 0 Å². The van der Waals surface area contributed by atoms with Gasteiger partial charge in [-0.05, 0) is 6.92 Å². The van der Waals surface area contributed by atoms with Gasteiger partial charge < -0.3 is 20.8 Å². The molecule has 0 unspecified atom stereocenters. The van der Waals surface area contributed by atoms with Crippen molar-refractivity contribution in [1.82, 2.24) is 4.90 Å². The summed E-state index contributed by atoms with van der Waals surface area (Å²) >= 11 is 0. The lowest BCUT2D eigenvalue weighted by Gasteiger charge is -2.17. The summed E-state index contributed by atoms with van der Waals surface area (Å²) in [5.74, 6) is -0.231. The van der Waals surface area contributed by atoms with E-state index in [-0.39, 0.29) is 19.0 Å². The predicted octanol–water partition coefficient (Wildman–Crippen LogP) is -2.10. The van der Waals surface area contributed by atoms with Gasteiger partial charge in [0.15, 0.2) is 0 Å². The van der Waals surface area contributed by atoms with Crippen molar-refractivity contribution in [3.63, 3.8) is 0 Å². The van der Waals surface area contributed by atoms with Crippen LogP contribution in [0.2, 0.25) is 0 Å². The Bertz CT molecular complexity index is 173. The van der Waals surface area contributed by atoms with Crippen LogP contribution in [-0.2, 0) is 4.79 Å². The first-order valence-electron chi connectivity index (χ1n) is 3.93. The van der Waals surface area contributed by atoms with Crippen molar-refractivity contribution < 1.29 is 15.0 Å². The highest BCUT2D eigenvalue weighted by Crippen LogP contribution is 2.10. The highest BCUT2D eigenvalue weighted by molar-refractivity contribution is 5.81. The fraction of sp³-hybridized carbons (Fsp3) is 0.857. The van der Waals surface area contributed by atoms with E-state index in [0.717, 1.165) is 0 Å². The van der Waals surface area contributed by atoms with Crippen LogP contribution in [0.1, 0.15) is 6.92 Å². The van der Waals surface area contributed by atoms with Crippen LogP contribution in [0.3, 0.4) is 0 Å². The number of likely N-dealkylation sites (tertiary alicyclic amines) is 1. The molecule has 1 heterocycles. The van der Waals surface area contributed by atoms with Crippen LogP contribution in [-0.4, -0.2) is 52.4 Å².